The Balaban J connectivity index is 1.56. The number of nitrogens with one attached hydrogen (secondary N) is 2. The number of nitrogens with zero attached hydrogens (tertiary/aromatic N) is 2. The highest BCUT2D eigenvalue weighted by Gasteiger charge is 2.17. The lowest BCUT2D eigenvalue weighted by molar-refractivity contribution is 0.222. The molecule has 3 rings (SSSR count). The molecule has 0 spiro atoms. The molecule has 1 aliphatic rings. The van der Waals surface area contributed by atoms with Gasteiger partial charge in [0, 0.05) is 24.5 Å². The molecular formula is C20H25N5O2. The topological polar surface area (TPSA) is 92.0 Å². The number of benzene rings is 2. The van der Waals surface area contributed by atoms with Crippen LogP contribution in [-0.2, 0) is 6.54 Å². The first-order valence-electron chi connectivity index (χ1n) is 9.00. The normalized spacial score (nSPS) is 14.1. The second-order valence-corrected chi connectivity index (χ2v) is 6.38. The fraction of sp³-hybridized carbons (Fsp3) is 0.300. The van der Waals surface area contributed by atoms with Gasteiger partial charge in [0.2, 0.25) is 0 Å². The molecule has 1 aliphatic heterocycles. The number of guanidine groups is 1. The van der Waals surface area contributed by atoms with Gasteiger partial charge in [-0.2, -0.15) is 0 Å². The highest BCUT2D eigenvalue weighted by atomic mass is 16.5. The van der Waals surface area contributed by atoms with Crippen molar-refractivity contribution in [3.63, 3.8) is 0 Å². The lowest BCUT2D eigenvalue weighted by atomic mass is 10.2. The Morgan fingerprint density at radius 2 is 1.85 bits per heavy atom. The smallest absolute Gasteiger partial charge is 0.321 e. The van der Waals surface area contributed by atoms with Gasteiger partial charge in [-0.25, -0.2) is 9.79 Å². The molecule has 7 nitrogen and oxygen atoms in total. The number of likely N-dealkylation sites (tertiary alicyclic amines) is 1. The number of urea groups is 1. The monoisotopic (exact) mass is 367 g/mol. The van der Waals surface area contributed by atoms with Crippen molar-refractivity contribution in [2.24, 2.45) is 10.7 Å². The van der Waals surface area contributed by atoms with E-state index in [1.165, 1.54) is 0 Å². The molecule has 27 heavy (non-hydrogen) atoms. The van der Waals surface area contributed by atoms with Gasteiger partial charge in [-0.1, -0.05) is 12.1 Å². The van der Waals surface area contributed by atoms with Gasteiger partial charge in [-0.05, 0) is 54.8 Å². The number of hydrogen-bond donors (Lipinski definition) is 3. The van der Waals surface area contributed by atoms with Crippen LogP contribution in [0.15, 0.2) is 53.5 Å². The van der Waals surface area contributed by atoms with E-state index in [1.807, 2.05) is 53.4 Å². The van der Waals surface area contributed by atoms with E-state index in [2.05, 4.69) is 15.6 Å². The van der Waals surface area contributed by atoms with Crippen LogP contribution in [0, 0.1) is 0 Å². The summed E-state index contributed by atoms with van der Waals surface area (Å²) in [6.45, 7) is 2.06. The Bertz CT molecular complexity index is 798. The fourth-order valence-corrected chi connectivity index (χ4v) is 2.91. The molecule has 0 bridgehead atoms. The molecule has 0 saturated carbocycles. The SMILES string of the molecule is COc1ccc(NC(N)=NCc2cccc(NC(=O)N3CCCC3)c2)cc1. The van der Waals surface area contributed by atoms with Crippen LogP contribution in [0.4, 0.5) is 16.2 Å². The largest absolute Gasteiger partial charge is 0.497 e. The van der Waals surface area contributed by atoms with Crippen LogP contribution < -0.4 is 21.1 Å². The van der Waals surface area contributed by atoms with Gasteiger partial charge in [0.05, 0.1) is 13.7 Å². The number of rotatable bonds is 5. The van der Waals surface area contributed by atoms with Crippen LogP contribution in [0.5, 0.6) is 5.75 Å². The van der Waals surface area contributed by atoms with Crippen LogP contribution in [0.25, 0.3) is 0 Å². The Morgan fingerprint density at radius 1 is 1.11 bits per heavy atom. The molecule has 2 aromatic carbocycles. The third-order valence-electron chi connectivity index (χ3n) is 4.37. The van der Waals surface area contributed by atoms with Gasteiger partial charge in [0.1, 0.15) is 5.75 Å². The molecule has 142 valence electrons. The van der Waals surface area contributed by atoms with E-state index in [0.29, 0.717) is 12.5 Å². The van der Waals surface area contributed by atoms with E-state index in [0.717, 1.165) is 48.6 Å². The van der Waals surface area contributed by atoms with E-state index in [1.54, 1.807) is 7.11 Å². The number of aliphatic imine (C=N–C) groups is 1. The molecule has 0 atom stereocenters. The zero-order valence-electron chi connectivity index (χ0n) is 15.4. The van der Waals surface area contributed by atoms with Gasteiger partial charge in [-0.3, -0.25) is 0 Å². The van der Waals surface area contributed by atoms with Crippen LogP contribution in [0.1, 0.15) is 18.4 Å². The summed E-state index contributed by atoms with van der Waals surface area (Å²) in [6.07, 6.45) is 2.14. The third kappa shape index (κ3) is 5.37. The van der Waals surface area contributed by atoms with E-state index in [9.17, 15) is 4.79 Å². The van der Waals surface area contributed by atoms with E-state index in [-0.39, 0.29) is 6.03 Å². The van der Waals surface area contributed by atoms with Crippen molar-refractivity contribution >= 4 is 23.4 Å². The number of ether oxygens (including phenoxy) is 1. The molecule has 2 aromatic rings. The quantitative estimate of drug-likeness (QED) is 0.559. The first kappa shape index (κ1) is 18.6. The van der Waals surface area contributed by atoms with Gasteiger partial charge in [0.15, 0.2) is 5.96 Å². The summed E-state index contributed by atoms with van der Waals surface area (Å²) in [5, 5.41) is 5.99. The molecule has 0 aromatic heterocycles. The highest BCUT2D eigenvalue weighted by Crippen LogP contribution is 2.16. The van der Waals surface area contributed by atoms with Crippen molar-refractivity contribution < 1.29 is 9.53 Å². The van der Waals surface area contributed by atoms with Crippen molar-refractivity contribution in [1.29, 1.82) is 0 Å². The van der Waals surface area contributed by atoms with Crippen LogP contribution in [0.2, 0.25) is 0 Å². The lowest BCUT2D eigenvalue weighted by Crippen LogP contribution is -2.32. The minimum absolute atomic E-state index is 0.0474. The number of carbonyl (C=O) groups is 1. The Morgan fingerprint density at radius 3 is 2.56 bits per heavy atom. The standard InChI is InChI=1S/C20H25N5O2/c1-27-18-9-7-16(8-10-18)23-19(21)22-14-15-5-4-6-17(13-15)24-20(26)25-11-2-3-12-25/h4-10,13H,2-3,11-12,14H2,1H3,(H,24,26)(H3,21,22,23). The average Bonchev–Trinajstić information content (AvgIpc) is 3.22. The second kappa shape index (κ2) is 8.93. The molecule has 7 heteroatoms. The summed E-state index contributed by atoms with van der Waals surface area (Å²) in [6, 6.07) is 15.0. The van der Waals surface area contributed by atoms with E-state index in [4.69, 9.17) is 10.5 Å². The first-order valence-corrected chi connectivity index (χ1v) is 9.00. The zero-order valence-corrected chi connectivity index (χ0v) is 15.4. The minimum atomic E-state index is -0.0474. The fourth-order valence-electron chi connectivity index (χ4n) is 2.91. The highest BCUT2D eigenvalue weighted by molar-refractivity contribution is 5.92. The number of hydrogen-bond acceptors (Lipinski definition) is 3. The van der Waals surface area contributed by atoms with Gasteiger partial charge in [-0.15, -0.1) is 0 Å². The predicted octanol–water partition coefficient (Wildman–Crippen LogP) is 3.25. The Kier molecular flexibility index (Phi) is 6.14. The van der Waals surface area contributed by atoms with Gasteiger partial charge < -0.3 is 26.0 Å². The van der Waals surface area contributed by atoms with Gasteiger partial charge >= 0.3 is 6.03 Å². The average molecular weight is 367 g/mol. The maximum atomic E-state index is 12.2. The number of carbonyl (C=O) groups excluding carboxylic acids is 1. The van der Waals surface area contributed by atoms with Crippen LogP contribution in [-0.4, -0.2) is 37.1 Å². The molecule has 1 fully saturated rings. The van der Waals surface area contributed by atoms with Crippen molar-refractivity contribution in [3.05, 3.63) is 54.1 Å². The maximum Gasteiger partial charge on any atom is 0.321 e. The van der Waals surface area contributed by atoms with E-state index < -0.39 is 0 Å². The van der Waals surface area contributed by atoms with E-state index >= 15 is 0 Å². The Hall–Kier alpha value is -3.22. The zero-order chi connectivity index (χ0) is 19.1. The lowest BCUT2D eigenvalue weighted by Gasteiger charge is -2.16. The van der Waals surface area contributed by atoms with Crippen molar-refractivity contribution in [2.75, 3.05) is 30.8 Å². The van der Waals surface area contributed by atoms with Crippen LogP contribution in [0.3, 0.4) is 0 Å². The predicted molar refractivity (Wildman–Crippen MR) is 108 cm³/mol. The second-order valence-electron chi connectivity index (χ2n) is 6.38. The molecule has 1 saturated heterocycles. The summed E-state index contributed by atoms with van der Waals surface area (Å²) >= 11 is 0. The van der Waals surface area contributed by atoms with Crippen LogP contribution >= 0.6 is 0 Å². The summed E-state index contributed by atoms with van der Waals surface area (Å²) in [4.78, 5) is 18.4. The molecule has 0 unspecified atom stereocenters. The molecule has 2 amide bonds. The molecule has 1 heterocycles. The molecular weight excluding hydrogens is 342 g/mol. The summed E-state index contributed by atoms with van der Waals surface area (Å²) < 4.78 is 5.13. The Labute approximate surface area is 159 Å². The number of anilines is 2. The van der Waals surface area contributed by atoms with Crippen molar-refractivity contribution in [1.82, 2.24) is 4.90 Å². The third-order valence-corrected chi connectivity index (χ3v) is 4.37. The summed E-state index contributed by atoms with van der Waals surface area (Å²) in [5.41, 5.74) is 8.53. The number of amides is 2. The number of methoxy groups -OCH3 is 1. The molecule has 0 aliphatic carbocycles. The summed E-state index contributed by atoms with van der Waals surface area (Å²) in [7, 11) is 1.62. The first-order chi connectivity index (χ1) is 13.1. The van der Waals surface area contributed by atoms with Crippen molar-refractivity contribution in [3.8, 4) is 5.75 Å². The maximum absolute atomic E-state index is 12.2. The number of nitrogens with two attached hydrogens (primary N) is 1. The molecule has 0 radical (unpaired) electrons. The van der Waals surface area contributed by atoms with Crippen molar-refractivity contribution in [2.45, 2.75) is 19.4 Å². The van der Waals surface area contributed by atoms with Gasteiger partial charge in [0.25, 0.3) is 0 Å². The minimum Gasteiger partial charge on any atom is -0.497 e. The summed E-state index contributed by atoms with van der Waals surface area (Å²) in [5.74, 6) is 1.11. The molecule has 4 N–H and O–H groups in total.